The Morgan fingerprint density at radius 3 is 2.56 bits per heavy atom. The summed E-state index contributed by atoms with van der Waals surface area (Å²) in [5.41, 5.74) is 1.79. The molecule has 0 spiro atoms. The summed E-state index contributed by atoms with van der Waals surface area (Å²) in [7, 11) is 5.29. The number of likely N-dealkylation sites (N-methyl/N-ethyl adjacent to an activating group) is 1. The molecule has 7 heteroatoms. The van der Waals surface area contributed by atoms with Gasteiger partial charge in [0.15, 0.2) is 0 Å². The molecule has 0 aliphatic rings. The second kappa shape index (κ2) is 11.0. The maximum absolute atomic E-state index is 5.52. The van der Waals surface area contributed by atoms with E-state index in [9.17, 15) is 0 Å². The van der Waals surface area contributed by atoms with Gasteiger partial charge in [-0.15, -0.1) is 0 Å². The highest BCUT2D eigenvalue weighted by Gasteiger charge is 2.24. The van der Waals surface area contributed by atoms with Gasteiger partial charge in [-0.1, -0.05) is 31.9 Å². The molecule has 7 nitrogen and oxygen atoms in total. The molecule has 1 atom stereocenters. The molecule has 1 aromatic heterocycles. The Hall–Kier alpha value is -3.06. The smallest absolute Gasteiger partial charge is 0.225 e. The highest BCUT2D eigenvalue weighted by atomic mass is 16.5. The van der Waals surface area contributed by atoms with Crippen LogP contribution in [0.4, 0.5) is 11.8 Å². The van der Waals surface area contributed by atoms with Crippen LogP contribution in [0.1, 0.15) is 38.7 Å². The molecule has 0 bridgehead atoms. The largest absolute Gasteiger partial charge is 0.497 e. The molecule has 0 aliphatic heterocycles. The number of fused-ring (bicyclic) bond motifs is 1. The van der Waals surface area contributed by atoms with Crippen LogP contribution in [-0.4, -0.2) is 43.3 Å². The van der Waals surface area contributed by atoms with Crippen molar-refractivity contribution in [3.8, 4) is 11.5 Å². The van der Waals surface area contributed by atoms with E-state index in [2.05, 4.69) is 35.9 Å². The van der Waals surface area contributed by atoms with Gasteiger partial charge >= 0.3 is 0 Å². The van der Waals surface area contributed by atoms with Gasteiger partial charge in [0.1, 0.15) is 17.3 Å². The second-order valence-electron chi connectivity index (χ2n) is 8.26. The lowest BCUT2D eigenvalue weighted by Gasteiger charge is -2.32. The van der Waals surface area contributed by atoms with Crippen molar-refractivity contribution in [3.63, 3.8) is 0 Å². The third-order valence-electron chi connectivity index (χ3n) is 5.60. The van der Waals surface area contributed by atoms with Crippen LogP contribution in [0.25, 0.3) is 10.9 Å². The van der Waals surface area contributed by atoms with E-state index in [4.69, 9.17) is 19.4 Å². The van der Waals surface area contributed by atoms with Crippen molar-refractivity contribution in [1.82, 2.24) is 15.3 Å². The fraction of sp³-hybridized carbons (Fsp3) is 0.440. The number of ether oxygens (including phenoxy) is 2. The van der Waals surface area contributed by atoms with E-state index in [1.807, 2.05) is 43.4 Å². The normalized spacial score (nSPS) is 12.9. The summed E-state index contributed by atoms with van der Waals surface area (Å²) in [5.74, 6) is 2.94. The Labute approximate surface area is 191 Å². The quantitative estimate of drug-likeness (QED) is 0.374. The minimum absolute atomic E-state index is 0.113. The lowest BCUT2D eigenvalue weighted by molar-refractivity contribution is 0.391. The Bertz CT molecular complexity index is 1030. The van der Waals surface area contributed by atoms with E-state index in [0.29, 0.717) is 12.5 Å². The molecule has 0 saturated heterocycles. The van der Waals surface area contributed by atoms with Crippen molar-refractivity contribution in [2.75, 3.05) is 38.4 Å². The summed E-state index contributed by atoms with van der Waals surface area (Å²) in [6.45, 7) is 5.84. The first-order valence-electron chi connectivity index (χ1n) is 11.2. The summed E-state index contributed by atoms with van der Waals surface area (Å²) in [5, 5.41) is 11.4. The first-order chi connectivity index (χ1) is 15.5. The summed E-state index contributed by atoms with van der Waals surface area (Å²) < 4.78 is 10.8. The molecule has 0 saturated carbocycles. The molecule has 0 fully saturated rings. The summed E-state index contributed by atoms with van der Waals surface area (Å²) in [4.78, 5) is 9.59. The van der Waals surface area contributed by atoms with Crippen LogP contribution in [0, 0.1) is 0 Å². The van der Waals surface area contributed by atoms with Gasteiger partial charge in [-0.3, -0.25) is 0 Å². The van der Waals surface area contributed by atoms with E-state index in [1.54, 1.807) is 14.2 Å². The number of anilines is 2. The zero-order valence-corrected chi connectivity index (χ0v) is 19.8. The van der Waals surface area contributed by atoms with Crippen LogP contribution in [0.15, 0.2) is 42.5 Å². The van der Waals surface area contributed by atoms with Crippen LogP contribution in [0.5, 0.6) is 11.5 Å². The fourth-order valence-electron chi connectivity index (χ4n) is 3.86. The molecule has 0 amide bonds. The number of aromatic nitrogens is 2. The first kappa shape index (κ1) is 23.6. The highest BCUT2D eigenvalue weighted by Crippen LogP contribution is 2.28. The van der Waals surface area contributed by atoms with Crippen LogP contribution in [0.3, 0.4) is 0 Å². The number of rotatable bonds is 12. The van der Waals surface area contributed by atoms with E-state index >= 15 is 0 Å². The summed E-state index contributed by atoms with van der Waals surface area (Å²) in [6, 6.07) is 13.9. The zero-order valence-electron chi connectivity index (χ0n) is 19.8. The van der Waals surface area contributed by atoms with E-state index < -0.39 is 0 Å². The molecule has 32 heavy (non-hydrogen) atoms. The van der Waals surface area contributed by atoms with Crippen LogP contribution in [0.2, 0.25) is 0 Å². The highest BCUT2D eigenvalue weighted by molar-refractivity contribution is 5.90. The molecular formula is C25H35N5O2. The second-order valence-corrected chi connectivity index (χ2v) is 8.26. The average molecular weight is 438 g/mol. The number of methoxy groups -OCH3 is 2. The van der Waals surface area contributed by atoms with Gasteiger partial charge in [-0.2, -0.15) is 4.98 Å². The summed E-state index contributed by atoms with van der Waals surface area (Å²) >= 11 is 0. The SMILES string of the molecule is CCCCC(C)(CNC)Nc1nc(NCc2ccc(OC)cc2OC)nc2ccccc12. The third kappa shape index (κ3) is 5.79. The Morgan fingerprint density at radius 1 is 1.03 bits per heavy atom. The minimum Gasteiger partial charge on any atom is -0.497 e. The molecule has 172 valence electrons. The molecule has 2 aromatic carbocycles. The van der Waals surface area contributed by atoms with E-state index in [-0.39, 0.29) is 5.54 Å². The number of nitrogens with one attached hydrogen (secondary N) is 3. The van der Waals surface area contributed by atoms with Crippen molar-refractivity contribution < 1.29 is 9.47 Å². The van der Waals surface area contributed by atoms with Crippen LogP contribution < -0.4 is 25.4 Å². The van der Waals surface area contributed by atoms with Crippen molar-refractivity contribution in [2.24, 2.45) is 0 Å². The summed E-state index contributed by atoms with van der Waals surface area (Å²) in [6.07, 6.45) is 3.35. The van der Waals surface area contributed by atoms with Gasteiger partial charge < -0.3 is 25.4 Å². The van der Waals surface area contributed by atoms with Crippen LogP contribution >= 0.6 is 0 Å². The van der Waals surface area contributed by atoms with Gasteiger partial charge in [0.25, 0.3) is 0 Å². The number of benzene rings is 2. The molecular weight excluding hydrogens is 402 g/mol. The van der Waals surface area contributed by atoms with Gasteiger partial charge in [0.2, 0.25) is 5.95 Å². The Morgan fingerprint density at radius 2 is 1.84 bits per heavy atom. The van der Waals surface area contributed by atoms with Gasteiger partial charge in [-0.25, -0.2) is 4.98 Å². The number of hydrogen-bond acceptors (Lipinski definition) is 7. The molecule has 3 aromatic rings. The molecule has 3 N–H and O–H groups in total. The van der Waals surface area contributed by atoms with Crippen LogP contribution in [-0.2, 0) is 6.54 Å². The average Bonchev–Trinajstić information content (AvgIpc) is 2.81. The zero-order chi connectivity index (χ0) is 23.0. The standard InChI is InChI=1S/C25H35N5O2/c1-6-7-14-25(2,17-26-3)30-23-20-10-8-9-11-21(20)28-24(29-23)27-16-18-12-13-19(31-4)15-22(18)32-5/h8-13,15,26H,6-7,14,16-17H2,1-5H3,(H2,27,28,29,30). The molecule has 1 heterocycles. The topological polar surface area (TPSA) is 80.3 Å². The number of nitrogens with zero attached hydrogens (tertiary/aromatic N) is 2. The lowest BCUT2D eigenvalue weighted by atomic mass is 9.94. The Kier molecular flexibility index (Phi) is 8.11. The lowest BCUT2D eigenvalue weighted by Crippen LogP contribution is -2.44. The van der Waals surface area contributed by atoms with Gasteiger partial charge in [-0.05, 0) is 44.7 Å². The maximum atomic E-state index is 5.52. The predicted octanol–water partition coefficient (Wildman–Crippen LogP) is 4.84. The molecule has 0 radical (unpaired) electrons. The molecule has 1 unspecified atom stereocenters. The first-order valence-corrected chi connectivity index (χ1v) is 11.2. The third-order valence-corrected chi connectivity index (χ3v) is 5.60. The van der Waals surface area contributed by atoms with E-state index in [0.717, 1.165) is 59.6 Å². The van der Waals surface area contributed by atoms with Crippen molar-refractivity contribution in [2.45, 2.75) is 45.2 Å². The fourth-order valence-corrected chi connectivity index (χ4v) is 3.86. The minimum atomic E-state index is -0.113. The Balaban J connectivity index is 1.89. The van der Waals surface area contributed by atoms with Gasteiger partial charge in [0, 0.05) is 35.6 Å². The number of hydrogen-bond donors (Lipinski definition) is 3. The molecule has 0 aliphatic carbocycles. The van der Waals surface area contributed by atoms with E-state index in [1.165, 1.54) is 0 Å². The molecule has 3 rings (SSSR count). The van der Waals surface area contributed by atoms with Crippen molar-refractivity contribution in [1.29, 1.82) is 0 Å². The monoisotopic (exact) mass is 437 g/mol. The number of para-hydroxylation sites is 1. The predicted molar refractivity (Wildman–Crippen MR) is 132 cm³/mol. The van der Waals surface area contributed by atoms with Crippen molar-refractivity contribution >= 4 is 22.7 Å². The van der Waals surface area contributed by atoms with Crippen molar-refractivity contribution in [3.05, 3.63) is 48.0 Å². The number of unbranched alkanes of at least 4 members (excludes halogenated alkanes) is 1. The van der Waals surface area contributed by atoms with Gasteiger partial charge in [0.05, 0.1) is 19.7 Å². The maximum Gasteiger partial charge on any atom is 0.225 e.